The number of amides is 1. The van der Waals surface area contributed by atoms with E-state index >= 15 is 0 Å². The Kier molecular flexibility index (Phi) is 2.41. The zero-order valence-corrected chi connectivity index (χ0v) is 8.00. The van der Waals surface area contributed by atoms with Crippen molar-refractivity contribution in [3.05, 3.63) is 0 Å². The molecule has 2 aliphatic heterocycles. The van der Waals surface area contributed by atoms with Crippen molar-refractivity contribution in [2.75, 3.05) is 0 Å². The van der Waals surface area contributed by atoms with E-state index < -0.39 is 30.3 Å². The van der Waals surface area contributed by atoms with Crippen LogP contribution in [0.25, 0.3) is 0 Å². The van der Waals surface area contributed by atoms with E-state index in [9.17, 15) is 23.1 Å². The zero-order valence-electron chi connectivity index (χ0n) is 8.00. The summed E-state index contributed by atoms with van der Waals surface area (Å²) in [5, 5.41) is 9.37. The summed E-state index contributed by atoms with van der Waals surface area (Å²) in [6, 6.07) is -0.847. The highest BCUT2D eigenvalue weighted by atomic mass is 19.4. The van der Waals surface area contributed by atoms with Crippen molar-refractivity contribution in [1.82, 2.24) is 4.90 Å². The highest BCUT2D eigenvalue weighted by molar-refractivity contribution is 5.82. The number of carbonyl (C=O) groups excluding carboxylic acids is 1. The fourth-order valence-electron chi connectivity index (χ4n) is 2.63. The molecule has 86 valence electrons. The molecule has 1 amide bonds. The van der Waals surface area contributed by atoms with Gasteiger partial charge in [0, 0.05) is 12.1 Å². The first-order valence-electron chi connectivity index (χ1n) is 4.97. The van der Waals surface area contributed by atoms with Crippen LogP contribution in [0.5, 0.6) is 0 Å². The first-order chi connectivity index (χ1) is 6.89. The normalized spacial score (nSPS) is 35.7. The molecule has 15 heavy (non-hydrogen) atoms. The molecule has 0 aromatic carbocycles. The number of hydrogen-bond donors (Lipinski definition) is 1. The smallest absolute Gasteiger partial charge is 0.393 e. The molecule has 0 spiro atoms. The number of fused-ring (bicyclic) bond motifs is 2. The van der Waals surface area contributed by atoms with Crippen LogP contribution < -0.4 is 0 Å². The Morgan fingerprint density at radius 2 is 1.67 bits per heavy atom. The third-order valence-electron chi connectivity index (χ3n) is 3.19. The molecule has 0 aliphatic carbocycles. The lowest BCUT2D eigenvalue weighted by molar-refractivity contribution is -0.191. The average molecular weight is 223 g/mol. The molecule has 2 unspecified atom stereocenters. The minimum Gasteiger partial charge on any atom is -0.393 e. The molecule has 2 heterocycles. The number of halogens is 3. The van der Waals surface area contributed by atoms with E-state index in [4.69, 9.17) is 0 Å². The van der Waals surface area contributed by atoms with Crippen LogP contribution in [-0.4, -0.2) is 40.3 Å². The van der Waals surface area contributed by atoms with Crippen molar-refractivity contribution in [1.29, 1.82) is 0 Å². The quantitative estimate of drug-likeness (QED) is 0.667. The topological polar surface area (TPSA) is 40.5 Å². The SMILES string of the molecule is O=C(N1C2CCC1CC(O)C2)C(F)(F)F. The van der Waals surface area contributed by atoms with Gasteiger partial charge in [-0.2, -0.15) is 13.2 Å². The van der Waals surface area contributed by atoms with Crippen LogP contribution in [0.1, 0.15) is 25.7 Å². The van der Waals surface area contributed by atoms with Crippen molar-refractivity contribution in [2.24, 2.45) is 0 Å². The number of nitrogens with zero attached hydrogens (tertiary/aromatic N) is 1. The van der Waals surface area contributed by atoms with Gasteiger partial charge in [0.25, 0.3) is 0 Å². The minimum atomic E-state index is -4.79. The lowest BCUT2D eigenvalue weighted by Crippen LogP contribution is -2.52. The fraction of sp³-hybridized carbons (Fsp3) is 0.889. The van der Waals surface area contributed by atoms with Gasteiger partial charge >= 0.3 is 12.1 Å². The molecule has 2 rings (SSSR count). The highest BCUT2D eigenvalue weighted by Gasteiger charge is 2.51. The van der Waals surface area contributed by atoms with Gasteiger partial charge in [0.05, 0.1) is 6.10 Å². The van der Waals surface area contributed by atoms with Gasteiger partial charge in [-0.25, -0.2) is 0 Å². The Bertz CT molecular complexity index is 265. The molecular formula is C9H12F3NO2. The molecule has 0 saturated carbocycles. The summed E-state index contributed by atoms with van der Waals surface area (Å²) in [4.78, 5) is 12.0. The number of aliphatic hydroxyl groups is 1. The summed E-state index contributed by atoms with van der Waals surface area (Å²) in [6.07, 6.45) is -3.65. The van der Waals surface area contributed by atoms with Crippen molar-refractivity contribution in [2.45, 2.75) is 50.0 Å². The zero-order chi connectivity index (χ0) is 11.2. The van der Waals surface area contributed by atoms with E-state index in [1.807, 2.05) is 0 Å². The van der Waals surface area contributed by atoms with Crippen molar-refractivity contribution in [3.8, 4) is 0 Å². The molecule has 2 aliphatic rings. The van der Waals surface area contributed by atoms with E-state index in [2.05, 4.69) is 0 Å². The number of rotatable bonds is 0. The molecule has 3 nitrogen and oxygen atoms in total. The summed E-state index contributed by atoms with van der Waals surface area (Å²) in [7, 11) is 0. The van der Waals surface area contributed by atoms with Gasteiger partial charge in [-0.1, -0.05) is 0 Å². The summed E-state index contributed by atoms with van der Waals surface area (Å²) < 4.78 is 36.8. The van der Waals surface area contributed by atoms with Gasteiger partial charge in [0.2, 0.25) is 0 Å². The van der Waals surface area contributed by atoms with Gasteiger partial charge in [-0.15, -0.1) is 0 Å². The second-order valence-electron chi connectivity index (χ2n) is 4.22. The Balaban J connectivity index is 2.15. The third-order valence-corrected chi connectivity index (χ3v) is 3.19. The lowest BCUT2D eigenvalue weighted by atomic mass is 10.00. The first-order valence-corrected chi connectivity index (χ1v) is 4.97. The molecule has 2 atom stereocenters. The number of piperidine rings is 1. The molecule has 6 heteroatoms. The second-order valence-corrected chi connectivity index (χ2v) is 4.22. The van der Waals surface area contributed by atoms with Crippen molar-refractivity contribution < 1.29 is 23.1 Å². The van der Waals surface area contributed by atoms with Crippen molar-refractivity contribution >= 4 is 5.91 Å². The summed E-state index contributed by atoms with van der Waals surface area (Å²) >= 11 is 0. The Labute approximate surface area is 84.9 Å². The van der Waals surface area contributed by atoms with Gasteiger partial charge in [0.1, 0.15) is 0 Å². The van der Waals surface area contributed by atoms with E-state index in [1.165, 1.54) is 0 Å². The summed E-state index contributed by atoms with van der Waals surface area (Å²) in [5.74, 6) is -1.75. The minimum absolute atomic E-state index is 0.276. The Morgan fingerprint density at radius 1 is 1.20 bits per heavy atom. The van der Waals surface area contributed by atoms with Gasteiger partial charge in [0.15, 0.2) is 0 Å². The van der Waals surface area contributed by atoms with Gasteiger partial charge < -0.3 is 10.0 Å². The standard InChI is InChI=1S/C9H12F3NO2/c10-9(11,12)8(15)13-5-1-2-6(13)4-7(14)3-5/h5-7,14H,1-4H2. The summed E-state index contributed by atoms with van der Waals surface area (Å²) in [6.45, 7) is 0. The maximum absolute atomic E-state index is 12.3. The molecule has 1 N–H and O–H groups in total. The van der Waals surface area contributed by atoms with Gasteiger partial charge in [-0.05, 0) is 25.7 Å². The van der Waals surface area contributed by atoms with Crippen LogP contribution in [0, 0.1) is 0 Å². The average Bonchev–Trinajstić information content (AvgIpc) is 2.35. The van der Waals surface area contributed by atoms with Crippen LogP contribution >= 0.6 is 0 Å². The van der Waals surface area contributed by atoms with Crippen molar-refractivity contribution in [3.63, 3.8) is 0 Å². The number of carbonyl (C=O) groups is 1. The first kappa shape index (κ1) is 10.7. The molecule has 2 bridgehead atoms. The van der Waals surface area contributed by atoms with E-state index in [1.54, 1.807) is 0 Å². The molecule has 0 radical (unpaired) electrons. The largest absolute Gasteiger partial charge is 0.471 e. The van der Waals surface area contributed by atoms with Crippen LogP contribution in [0.4, 0.5) is 13.2 Å². The van der Waals surface area contributed by atoms with Crippen LogP contribution in [0.15, 0.2) is 0 Å². The summed E-state index contributed by atoms with van der Waals surface area (Å²) in [5.41, 5.74) is 0. The molecular weight excluding hydrogens is 211 g/mol. The van der Waals surface area contributed by atoms with Gasteiger partial charge in [-0.3, -0.25) is 4.79 Å². The molecule has 2 saturated heterocycles. The maximum atomic E-state index is 12.3. The number of alkyl halides is 3. The molecule has 0 aromatic rings. The molecule has 0 aromatic heterocycles. The van der Waals surface area contributed by atoms with Crippen LogP contribution in [-0.2, 0) is 4.79 Å². The Hall–Kier alpha value is -0.780. The Morgan fingerprint density at radius 3 is 2.07 bits per heavy atom. The second kappa shape index (κ2) is 3.37. The lowest BCUT2D eigenvalue weighted by Gasteiger charge is -2.37. The van der Waals surface area contributed by atoms with E-state index in [0.29, 0.717) is 12.8 Å². The number of aliphatic hydroxyl groups excluding tert-OH is 1. The van der Waals surface area contributed by atoms with Crippen LogP contribution in [0.2, 0.25) is 0 Å². The maximum Gasteiger partial charge on any atom is 0.471 e. The van der Waals surface area contributed by atoms with E-state index in [0.717, 1.165) is 4.90 Å². The predicted octanol–water partition coefficient (Wildman–Crippen LogP) is 1.06. The molecule has 2 fully saturated rings. The third kappa shape index (κ3) is 1.82. The fourth-order valence-corrected chi connectivity index (χ4v) is 2.63. The monoisotopic (exact) mass is 223 g/mol. The van der Waals surface area contributed by atoms with Crippen LogP contribution in [0.3, 0.4) is 0 Å². The highest BCUT2D eigenvalue weighted by Crippen LogP contribution is 2.38. The number of hydrogen-bond acceptors (Lipinski definition) is 2. The van der Waals surface area contributed by atoms with E-state index in [-0.39, 0.29) is 12.8 Å². The predicted molar refractivity (Wildman–Crippen MR) is 45.0 cm³/mol.